The maximum absolute atomic E-state index is 11.1. The Morgan fingerprint density at radius 3 is 1.89 bits per heavy atom. The van der Waals surface area contributed by atoms with Crippen LogP contribution in [0.5, 0.6) is 0 Å². The van der Waals surface area contributed by atoms with Crippen LogP contribution in [0.1, 0.15) is 19.8 Å². The predicted octanol–water partition coefficient (Wildman–Crippen LogP) is 4.70. The van der Waals surface area contributed by atoms with Crippen molar-refractivity contribution in [2.45, 2.75) is 71.1 Å². The van der Waals surface area contributed by atoms with E-state index in [1.807, 2.05) is 13.1 Å². The molecule has 7 heteroatoms. The van der Waals surface area contributed by atoms with Crippen LogP contribution in [0.3, 0.4) is 0 Å². The van der Waals surface area contributed by atoms with Crippen LogP contribution in [0.25, 0.3) is 0 Å². The maximum Gasteiger partial charge on any atom is 0.311 e. The first-order valence-corrected chi connectivity index (χ1v) is 16.4. The van der Waals surface area contributed by atoms with Gasteiger partial charge in [-0.1, -0.05) is 19.8 Å². The fourth-order valence-corrected chi connectivity index (χ4v) is 17.1. The summed E-state index contributed by atoms with van der Waals surface area (Å²) in [7, 11) is -5.89. The second kappa shape index (κ2) is 7.51. The molecule has 0 bridgehead atoms. The van der Waals surface area contributed by atoms with Crippen LogP contribution in [0.4, 0.5) is 0 Å². The number of carbonyl (C=O) groups is 1. The van der Waals surface area contributed by atoms with Crippen molar-refractivity contribution >= 4 is 42.0 Å². The summed E-state index contributed by atoms with van der Waals surface area (Å²) in [6.45, 7) is 14.9. The Morgan fingerprint density at radius 1 is 1.00 bits per heavy atom. The van der Waals surface area contributed by atoms with Gasteiger partial charge < -0.3 is 8.23 Å². The lowest BCUT2D eigenvalue weighted by Crippen LogP contribution is -2.52. The summed E-state index contributed by atoms with van der Waals surface area (Å²) in [6.07, 6.45) is 2.41. The first-order valence-electron chi connectivity index (χ1n) is 6.98. The lowest BCUT2D eigenvalue weighted by molar-refractivity contribution is -0.109. The fourth-order valence-electron chi connectivity index (χ4n) is 2.38. The molecule has 0 unspecified atom stereocenters. The topological polar surface area (TPSA) is 35.5 Å². The highest BCUT2D eigenvalue weighted by Crippen LogP contribution is 2.26. The van der Waals surface area contributed by atoms with E-state index in [1.165, 1.54) is 18.9 Å². The highest BCUT2D eigenvalue weighted by atomic mass is 35.5. The van der Waals surface area contributed by atoms with Gasteiger partial charge in [0, 0.05) is 6.04 Å². The zero-order valence-electron chi connectivity index (χ0n) is 13.4. The van der Waals surface area contributed by atoms with E-state index < -0.39 is 25.2 Å². The van der Waals surface area contributed by atoms with E-state index >= 15 is 0 Å². The Bertz CT molecular complexity index is 307. The summed E-state index contributed by atoms with van der Waals surface area (Å²) in [5.41, 5.74) is 0. The minimum absolute atomic E-state index is 0.302. The normalized spacial score (nSPS) is 13.7. The third-order valence-electron chi connectivity index (χ3n) is 2.74. The summed E-state index contributed by atoms with van der Waals surface area (Å²) >= 11 is 5.49. The van der Waals surface area contributed by atoms with E-state index in [-0.39, 0.29) is 5.24 Å². The van der Waals surface area contributed by atoms with Gasteiger partial charge in [0.1, 0.15) is 0 Å². The minimum Gasteiger partial charge on any atom is -0.437 e. The summed E-state index contributed by atoms with van der Waals surface area (Å²) in [5.74, 6) is 0. The van der Waals surface area contributed by atoms with Crippen molar-refractivity contribution in [2.75, 3.05) is 0 Å². The predicted molar refractivity (Wildman–Crippen MR) is 90.0 cm³/mol. The molecule has 0 aliphatic rings. The van der Waals surface area contributed by atoms with E-state index in [0.29, 0.717) is 6.04 Å². The zero-order chi connectivity index (χ0) is 15.3. The molecule has 0 aromatic heterocycles. The lowest BCUT2D eigenvalue weighted by atomic mass is 10.4. The standard InChI is InChI=1S/C12H29ClO3Si3/c1-8-9-10-17(2,3)15-19(6,7)16-18(4,5)11-12(13)14/h8-11H2,1-7H3. The van der Waals surface area contributed by atoms with E-state index in [2.05, 4.69) is 33.1 Å². The van der Waals surface area contributed by atoms with Gasteiger partial charge in [-0.3, -0.25) is 4.79 Å². The van der Waals surface area contributed by atoms with Crippen LogP contribution in [-0.4, -0.2) is 30.4 Å². The summed E-state index contributed by atoms with van der Waals surface area (Å²) in [4.78, 5) is 11.1. The van der Waals surface area contributed by atoms with Crippen LogP contribution in [0.15, 0.2) is 0 Å². The molecule has 0 heterocycles. The molecule has 0 saturated heterocycles. The smallest absolute Gasteiger partial charge is 0.311 e. The van der Waals surface area contributed by atoms with E-state index in [9.17, 15) is 4.79 Å². The molecule has 0 spiro atoms. The van der Waals surface area contributed by atoms with Gasteiger partial charge >= 0.3 is 8.56 Å². The molecule has 19 heavy (non-hydrogen) atoms. The molecule has 0 rings (SSSR count). The molecule has 0 aliphatic heterocycles. The number of rotatable bonds is 9. The van der Waals surface area contributed by atoms with Crippen LogP contribution < -0.4 is 0 Å². The summed E-state index contributed by atoms with van der Waals surface area (Å²) < 4.78 is 12.6. The van der Waals surface area contributed by atoms with Gasteiger partial charge in [0.2, 0.25) is 5.24 Å². The van der Waals surface area contributed by atoms with Crippen LogP contribution in [-0.2, 0) is 13.0 Å². The van der Waals surface area contributed by atoms with Crippen LogP contribution in [0, 0.1) is 0 Å². The van der Waals surface area contributed by atoms with Crippen molar-refractivity contribution in [1.29, 1.82) is 0 Å². The molecule has 0 fully saturated rings. The molecule has 3 nitrogen and oxygen atoms in total. The Labute approximate surface area is 126 Å². The quantitative estimate of drug-likeness (QED) is 0.451. The van der Waals surface area contributed by atoms with E-state index in [0.717, 1.165) is 0 Å². The summed E-state index contributed by atoms with van der Waals surface area (Å²) in [6, 6.07) is 1.52. The average Bonchev–Trinajstić information content (AvgIpc) is 2.08. The third-order valence-corrected chi connectivity index (χ3v) is 14.2. The van der Waals surface area contributed by atoms with Crippen molar-refractivity contribution in [3.05, 3.63) is 0 Å². The maximum atomic E-state index is 11.1. The molecule has 0 N–H and O–H groups in total. The number of hydrogen-bond acceptors (Lipinski definition) is 3. The first kappa shape index (κ1) is 19.5. The molecule has 0 radical (unpaired) electrons. The molecule has 0 aromatic rings. The number of carbonyl (C=O) groups excluding carboxylic acids is 1. The highest BCUT2D eigenvalue weighted by Gasteiger charge is 2.40. The van der Waals surface area contributed by atoms with Crippen LogP contribution in [0.2, 0.25) is 51.4 Å². The third kappa shape index (κ3) is 9.98. The lowest BCUT2D eigenvalue weighted by Gasteiger charge is -2.38. The van der Waals surface area contributed by atoms with Crippen molar-refractivity contribution < 1.29 is 13.0 Å². The Hall–Kier alpha value is 0.531. The number of hydrogen-bond donors (Lipinski definition) is 0. The SMILES string of the molecule is CCCC[Si](C)(C)O[Si](C)(C)O[Si](C)(C)CC(=O)Cl. The Kier molecular flexibility index (Phi) is 7.72. The molecule has 114 valence electrons. The number of halogens is 1. The molecular weight excluding hydrogens is 312 g/mol. The largest absolute Gasteiger partial charge is 0.437 e. The molecule has 0 aliphatic carbocycles. The van der Waals surface area contributed by atoms with Crippen molar-refractivity contribution in [2.24, 2.45) is 0 Å². The van der Waals surface area contributed by atoms with Gasteiger partial charge in [0.15, 0.2) is 16.6 Å². The van der Waals surface area contributed by atoms with Crippen molar-refractivity contribution in [1.82, 2.24) is 0 Å². The Morgan fingerprint density at radius 2 is 1.47 bits per heavy atom. The van der Waals surface area contributed by atoms with Crippen molar-refractivity contribution in [3.63, 3.8) is 0 Å². The summed E-state index contributed by atoms with van der Waals surface area (Å²) in [5, 5.41) is -0.302. The van der Waals surface area contributed by atoms with Gasteiger partial charge in [0.25, 0.3) is 0 Å². The molecule has 0 saturated carbocycles. The zero-order valence-corrected chi connectivity index (χ0v) is 17.2. The van der Waals surface area contributed by atoms with Gasteiger partial charge in [-0.2, -0.15) is 0 Å². The second-order valence-corrected chi connectivity index (χ2v) is 19.5. The monoisotopic (exact) mass is 340 g/mol. The number of unbranched alkanes of at least 4 members (excludes halogenated alkanes) is 1. The van der Waals surface area contributed by atoms with Crippen molar-refractivity contribution in [3.8, 4) is 0 Å². The van der Waals surface area contributed by atoms with Gasteiger partial charge in [-0.25, -0.2) is 0 Å². The van der Waals surface area contributed by atoms with E-state index in [4.69, 9.17) is 19.8 Å². The minimum atomic E-state index is -2.18. The van der Waals surface area contributed by atoms with Gasteiger partial charge in [0.05, 0.1) is 0 Å². The first-order chi connectivity index (χ1) is 8.39. The molecule has 0 atom stereocenters. The Balaban J connectivity index is 4.57. The highest BCUT2D eigenvalue weighted by molar-refractivity contribution is 6.90. The second-order valence-electron chi connectivity index (χ2n) is 6.76. The van der Waals surface area contributed by atoms with E-state index in [1.54, 1.807) is 0 Å². The molecule has 0 aromatic carbocycles. The van der Waals surface area contributed by atoms with Gasteiger partial charge in [-0.15, -0.1) is 0 Å². The molecule has 0 amide bonds. The fraction of sp³-hybridized carbons (Fsp3) is 0.917. The average molecular weight is 341 g/mol. The van der Waals surface area contributed by atoms with Crippen LogP contribution >= 0.6 is 11.6 Å². The molecular formula is C12H29ClO3Si3. The van der Waals surface area contributed by atoms with Gasteiger partial charge in [-0.05, 0) is 56.9 Å².